The van der Waals surface area contributed by atoms with Gasteiger partial charge in [0.25, 0.3) is 5.91 Å². The summed E-state index contributed by atoms with van der Waals surface area (Å²) in [7, 11) is 0. The summed E-state index contributed by atoms with van der Waals surface area (Å²) < 4.78 is 5.97. The van der Waals surface area contributed by atoms with Crippen LogP contribution in [0.25, 0.3) is 10.8 Å². The van der Waals surface area contributed by atoms with Gasteiger partial charge in [0, 0.05) is 11.4 Å². The van der Waals surface area contributed by atoms with Crippen molar-refractivity contribution < 1.29 is 9.53 Å². The van der Waals surface area contributed by atoms with Crippen molar-refractivity contribution in [1.29, 1.82) is 0 Å². The SMILES string of the molecule is C[C@H](Oc1cccc2ccccc12)C(=O)N[C@@H]1C[C@H]2CC[C@H]1C2. The van der Waals surface area contributed by atoms with Crippen LogP contribution >= 0.6 is 0 Å². The molecule has 0 heterocycles. The monoisotopic (exact) mass is 309 g/mol. The van der Waals surface area contributed by atoms with Gasteiger partial charge in [-0.25, -0.2) is 0 Å². The molecular formula is C20H23NO2. The summed E-state index contributed by atoms with van der Waals surface area (Å²) in [5, 5.41) is 5.40. The molecule has 0 aliphatic heterocycles. The Morgan fingerprint density at radius 2 is 1.96 bits per heavy atom. The molecule has 1 amide bonds. The first-order valence-corrected chi connectivity index (χ1v) is 8.65. The molecule has 120 valence electrons. The van der Waals surface area contributed by atoms with E-state index in [-0.39, 0.29) is 5.91 Å². The summed E-state index contributed by atoms with van der Waals surface area (Å²) in [5.41, 5.74) is 0. The van der Waals surface area contributed by atoms with Gasteiger partial charge in [0.05, 0.1) is 0 Å². The topological polar surface area (TPSA) is 38.3 Å². The largest absolute Gasteiger partial charge is 0.480 e. The van der Waals surface area contributed by atoms with Crippen molar-refractivity contribution in [3.05, 3.63) is 42.5 Å². The molecule has 4 atom stereocenters. The van der Waals surface area contributed by atoms with E-state index in [1.54, 1.807) is 0 Å². The Kier molecular flexibility index (Phi) is 3.72. The van der Waals surface area contributed by atoms with Crippen molar-refractivity contribution in [3.63, 3.8) is 0 Å². The van der Waals surface area contributed by atoms with E-state index in [4.69, 9.17) is 4.74 Å². The number of rotatable bonds is 4. The summed E-state index contributed by atoms with van der Waals surface area (Å²) in [6.45, 7) is 1.84. The molecule has 2 aliphatic rings. The Morgan fingerprint density at radius 1 is 1.13 bits per heavy atom. The van der Waals surface area contributed by atoms with E-state index in [2.05, 4.69) is 17.4 Å². The highest BCUT2D eigenvalue weighted by molar-refractivity contribution is 5.89. The number of nitrogens with one attached hydrogen (secondary N) is 1. The predicted octanol–water partition coefficient (Wildman–Crippen LogP) is 3.91. The number of carbonyl (C=O) groups excluding carboxylic acids is 1. The van der Waals surface area contributed by atoms with Gasteiger partial charge >= 0.3 is 0 Å². The van der Waals surface area contributed by atoms with Gasteiger partial charge in [0.1, 0.15) is 5.75 Å². The molecule has 2 aliphatic carbocycles. The highest BCUT2D eigenvalue weighted by atomic mass is 16.5. The summed E-state index contributed by atoms with van der Waals surface area (Å²) in [6, 6.07) is 14.4. The number of hydrogen-bond donors (Lipinski definition) is 1. The van der Waals surface area contributed by atoms with Crippen molar-refractivity contribution in [3.8, 4) is 5.75 Å². The fourth-order valence-corrected chi connectivity index (χ4v) is 4.26. The first-order valence-electron chi connectivity index (χ1n) is 8.65. The average molecular weight is 309 g/mol. The third kappa shape index (κ3) is 2.80. The molecule has 0 aromatic heterocycles. The summed E-state index contributed by atoms with van der Waals surface area (Å²) in [4.78, 5) is 12.5. The molecule has 0 unspecified atom stereocenters. The summed E-state index contributed by atoms with van der Waals surface area (Å²) >= 11 is 0. The second-order valence-electron chi connectivity index (χ2n) is 7.03. The lowest BCUT2D eigenvalue weighted by molar-refractivity contribution is -0.128. The van der Waals surface area contributed by atoms with Crippen LogP contribution in [0, 0.1) is 11.8 Å². The molecule has 0 saturated heterocycles. The van der Waals surface area contributed by atoms with Crippen LogP contribution in [0.1, 0.15) is 32.6 Å². The smallest absolute Gasteiger partial charge is 0.261 e. The Labute approximate surface area is 137 Å². The molecule has 2 bridgehead atoms. The average Bonchev–Trinajstić information content (AvgIpc) is 3.18. The number of fused-ring (bicyclic) bond motifs is 3. The maximum Gasteiger partial charge on any atom is 0.261 e. The Morgan fingerprint density at radius 3 is 2.74 bits per heavy atom. The van der Waals surface area contributed by atoms with Crippen molar-refractivity contribution >= 4 is 16.7 Å². The zero-order chi connectivity index (χ0) is 15.8. The van der Waals surface area contributed by atoms with Crippen molar-refractivity contribution in [2.75, 3.05) is 0 Å². The van der Waals surface area contributed by atoms with Crippen LogP contribution in [0.5, 0.6) is 5.75 Å². The summed E-state index contributed by atoms with van der Waals surface area (Å²) in [6.07, 6.45) is 4.59. The second-order valence-corrected chi connectivity index (χ2v) is 7.03. The van der Waals surface area contributed by atoms with Gasteiger partial charge in [0.15, 0.2) is 6.10 Å². The van der Waals surface area contributed by atoms with Crippen LogP contribution in [0.15, 0.2) is 42.5 Å². The fourth-order valence-electron chi connectivity index (χ4n) is 4.26. The molecule has 2 aromatic carbocycles. The maximum absolute atomic E-state index is 12.5. The highest BCUT2D eigenvalue weighted by Crippen LogP contribution is 2.44. The minimum atomic E-state index is -0.472. The van der Waals surface area contributed by atoms with E-state index >= 15 is 0 Å². The molecule has 3 nitrogen and oxygen atoms in total. The normalized spacial score (nSPS) is 27.1. The molecule has 3 heteroatoms. The Balaban J connectivity index is 1.44. The van der Waals surface area contributed by atoms with E-state index < -0.39 is 6.10 Å². The minimum absolute atomic E-state index is 0.00971. The molecule has 0 spiro atoms. The highest BCUT2D eigenvalue weighted by Gasteiger charge is 2.40. The van der Waals surface area contributed by atoms with Crippen molar-refractivity contribution in [2.45, 2.75) is 44.8 Å². The van der Waals surface area contributed by atoms with E-state index in [9.17, 15) is 4.79 Å². The van der Waals surface area contributed by atoms with Gasteiger partial charge in [0.2, 0.25) is 0 Å². The molecular weight excluding hydrogens is 286 g/mol. The lowest BCUT2D eigenvalue weighted by atomic mass is 9.95. The van der Waals surface area contributed by atoms with Gasteiger partial charge in [-0.3, -0.25) is 4.79 Å². The van der Waals surface area contributed by atoms with Crippen molar-refractivity contribution in [2.24, 2.45) is 11.8 Å². The van der Waals surface area contributed by atoms with Crippen LogP contribution < -0.4 is 10.1 Å². The molecule has 2 aromatic rings. The van der Waals surface area contributed by atoms with E-state index in [1.165, 1.54) is 19.3 Å². The van der Waals surface area contributed by atoms with Crippen LogP contribution in [0.4, 0.5) is 0 Å². The van der Waals surface area contributed by atoms with Gasteiger partial charge in [-0.05, 0) is 49.5 Å². The van der Waals surface area contributed by atoms with Crippen molar-refractivity contribution in [1.82, 2.24) is 5.32 Å². The first-order chi connectivity index (χ1) is 11.2. The second kappa shape index (κ2) is 5.88. The fraction of sp³-hybridized carbons (Fsp3) is 0.450. The molecule has 23 heavy (non-hydrogen) atoms. The van der Waals surface area contributed by atoms with Crippen LogP contribution in [0.3, 0.4) is 0 Å². The molecule has 2 fully saturated rings. The third-order valence-corrected chi connectivity index (χ3v) is 5.49. The molecule has 0 radical (unpaired) electrons. The lowest BCUT2D eigenvalue weighted by Crippen LogP contribution is -2.44. The van der Waals surface area contributed by atoms with E-state index in [1.807, 2.05) is 37.3 Å². The number of benzene rings is 2. The van der Waals surface area contributed by atoms with Crippen LogP contribution in [-0.2, 0) is 4.79 Å². The minimum Gasteiger partial charge on any atom is -0.480 e. The number of carbonyl (C=O) groups is 1. The number of ether oxygens (including phenoxy) is 1. The predicted molar refractivity (Wildman–Crippen MR) is 91.4 cm³/mol. The third-order valence-electron chi connectivity index (χ3n) is 5.49. The van der Waals surface area contributed by atoms with Gasteiger partial charge < -0.3 is 10.1 Å². The zero-order valence-electron chi connectivity index (χ0n) is 13.5. The van der Waals surface area contributed by atoms with E-state index in [0.717, 1.165) is 28.9 Å². The molecule has 2 saturated carbocycles. The maximum atomic E-state index is 12.5. The van der Waals surface area contributed by atoms with Crippen LogP contribution in [-0.4, -0.2) is 18.1 Å². The Bertz CT molecular complexity index is 721. The van der Waals surface area contributed by atoms with Gasteiger partial charge in [-0.15, -0.1) is 0 Å². The summed E-state index contributed by atoms with van der Waals surface area (Å²) in [5.74, 6) is 2.31. The standard InChI is InChI=1S/C20H23NO2/c1-13(20(22)21-18-12-14-9-10-16(18)11-14)23-19-8-4-6-15-5-2-3-7-17(15)19/h2-8,13-14,16,18H,9-12H2,1H3,(H,21,22)/t13-,14-,16-,18+/m0/s1. The van der Waals surface area contributed by atoms with E-state index in [0.29, 0.717) is 12.0 Å². The number of hydrogen-bond acceptors (Lipinski definition) is 2. The zero-order valence-corrected chi connectivity index (χ0v) is 13.5. The Hall–Kier alpha value is -2.03. The molecule has 1 N–H and O–H groups in total. The van der Waals surface area contributed by atoms with Gasteiger partial charge in [-0.2, -0.15) is 0 Å². The van der Waals surface area contributed by atoms with Crippen LogP contribution in [0.2, 0.25) is 0 Å². The first kappa shape index (κ1) is 14.6. The van der Waals surface area contributed by atoms with Gasteiger partial charge in [-0.1, -0.05) is 42.8 Å². The number of amides is 1. The quantitative estimate of drug-likeness (QED) is 0.930. The lowest BCUT2D eigenvalue weighted by Gasteiger charge is -2.25. The molecule has 4 rings (SSSR count).